The predicted molar refractivity (Wildman–Crippen MR) is 117 cm³/mol. The van der Waals surface area contributed by atoms with Crippen LogP contribution in [0.1, 0.15) is 16.7 Å². The smallest absolute Gasteiger partial charge is 0.363 e. The molecule has 0 unspecified atom stereocenters. The molecule has 0 bridgehead atoms. The first-order valence-electron chi connectivity index (χ1n) is 9.20. The zero-order chi connectivity index (χ0) is 22.0. The molecule has 0 saturated carbocycles. The number of aliphatic imine (C=N–C) groups is 1. The van der Waals surface area contributed by atoms with Crippen molar-refractivity contribution in [3.8, 4) is 5.75 Å². The number of benzene rings is 3. The van der Waals surface area contributed by atoms with Crippen LogP contribution in [0, 0.1) is 6.92 Å². The fourth-order valence-electron chi connectivity index (χ4n) is 2.78. The minimum atomic E-state index is -3.99. The summed E-state index contributed by atoms with van der Waals surface area (Å²) in [6.45, 7) is 1.96. The molecule has 0 aromatic heterocycles. The summed E-state index contributed by atoms with van der Waals surface area (Å²) in [5.74, 6) is -0.179. The monoisotopic (exact) mass is 453 g/mol. The van der Waals surface area contributed by atoms with Crippen molar-refractivity contribution in [1.29, 1.82) is 0 Å². The van der Waals surface area contributed by atoms with E-state index < -0.39 is 16.1 Å². The van der Waals surface area contributed by atoms with Crippen LogP contribution in [-0.2, 0) is 19.6 Å². The number of hydrogen-bond donors (Lipinski definition) is 0. The molecule has 6 nitrogen and oxygen atoms in total. The minimum absolute atomic E-state index is 0.00484. The summed E-state index contributed by atoms with van der Waals surface area (Å²) in [4.78, 5) is 16.4. The SMILES string of the molecule is Cc1ccc(C2=NC(=Cc3ccc(OS(=O)(=O)c4ccc(Cl)cc4)cc3)C(=O)O2)cc1. The topological polar surface area (TPSA) is 82.0 Å². The van der Waals surface area contributed by atoms with Gasteiger partial charge < -0.3 is 8.92 Å². The molecular formula is C23H16ClNO5S. The zero-order valence-electron chi connectivity index (χ0n) is 16.3. The number of rotatable bonds is 5. The van der Waals surface area contributed by atoms with E-state index in [1.807, 2.05) is 31.2 Å². The number of cyclic esters (lactones) is 1. The van der Waals surface area contributed by atoms with E-state index in [9.17, 15) is 13.2 Å². The van der Waals surface area contributed by atoms with Crippen molar-refractivity contribution >= 4 is 39.7 Å². The summed E-state index contributed by atoms with van der Waals surface area (Å²) in [6, 6.07) is 19.4. The minimum Gasteiger partial charge on any atom is -0.402 e. The van der Waals surface area contributed by atoms with Crippen LogP contribution in [0.25, 0.3) is 6.08 Å². The quantitative estimate of drug-likeness (QED) is 0.316. The molecule has 1 aliphatic rings. The Balaban J connectivity index is 1.51. The Hall–Kier alpha value is -3.42. The Morgan fingerprint density at radius 1 is 0.935 bits per heavy atom. The van der Waals surface area contributed by atoms with Crippen molar-refractivity contribution in [2.24, 2.45) is 4.99 Å². The highest BCUT2D eigenvalue weighted by molar-refractivity contribution is 7.87. The number of hydrogen-bond acceptors (Lipinski definition) is 6. The molecule has 0 N–H and O–H groups in total. The first-order chi connectivity index (χ1) is 14.8. The third-order valence-corrected chi connectivity index (χ3v) is 5.92. The van der Waals surface area contributed by atoms with Gasteiger partial charge in [-0.2, -0.15) is 8.42 Å². The van der Waals surface area contributed by atoms with E-state index in [0.717, 1.165) is 5.56 Å². The molecule has 0 radical (unpaired) electrons. The number of carbonyl (C=O) groups excluding carboxylic acids is 1. The van der Waals surface area contributed by atoms with Gasteiger partial charge in [-0.1, -0.05) is 41.4 Å². The van der Waals surface area contributed by atoms with Gasteiger partial charge in [-0.05, 0) is 67.1 Å². The lowest BCUT2D eigenvalue weighted by atomic mass is 10.1. The van der Waals surface area contributed by atoms with Crippen molar-refractivity contribution in [3.05, 3.63) is 100 Å². The van der Waals surface area contributed by atoms with Gasteiger partial charge in [-0.3, -0.25) is 0 Å². The second-order valence-electron chi connectivity index (χ2n) is 6.76. The Kier molecular flexibility index (Phi) is 5.63. The van der Waals surface area contributed by atoms with Crippen molar-refractivity contribution in [2.75, 3.05) is 0 Å². The summed E-state index contributed by atoms with van der Waals surface area (Å²) in [6.07, 6.45) is 1.56. The summed E-state index contributed by atoms with van der Waals surface area (Å²) in [5, 5.41) is 0.426. The third kappa shape index (κ3) is 4.84. The Morgan fingerprint density at radius 2 is 1.58 bits per heavy atom. The molecule has 156 valence electrons. The van der Waals surface area contributed by atoms with E-state index in [4.69, 9.17) is 20.5 Å². The maximum Gasteiger partial charge on any atom is 0.363 e. The predicted octanol–water partition coefficient (Wildman–Crippen LogP) is 4.76. The maximum absolute atomic E-state index is 12.4. The van der Waals surface area contributed by atoms with Crippen LogP contribution in [-0.4, -0.2) is 20.3 Å². The molecule has 1 heterocycles. The zero-order valence-corrected chi connectivity index (χ0v) is 17.9. The van der Waals surface area contributed by atoms with Gasteiger partial charge in [0.25, 0.3) is 0 Å². The lowest BCUT2D eigenvalue weighted by Crippen LogP contribution is -2.09. The van der Waals surface area contributed by atoms with Crippen molar-refractivity contribution in [1.82, 2.24) is 0 Å². The summed E-state index contributed by atoms with van der Waals surface area (Å²) < 4.78 is 35.1. The van der Waals surface area contributed by atoms with Crippen LogP contribution in [0.2, 0.25) is 5.02 Å². The van der Waals surface area contributed by atoms with E-state index in [0.29, 0.717) is 16.1 Å². The Bertz CT molecular complexity index is 1290. The standard InChI is InChI=1S/C23H16ClNO5S/c1-15-2-6-17(7-3-15)22-25-21(23(26)29-22)14-16-4-10-19(11-5-16)30-31(27,28)20-12-8-18(24)9-13-20/h2-14H,1H3. The lowest BCUT2D eigenvalue weighted by molar-refractivity contribution is -0.129. The highest BCUT2D eigenvalue weighted by Crippen LogP contribution is 2.23. The van der Waals surface area contributed by atoms with E-state index in [1.165, 1.54) is 36.4 Å². The average molecular weight is 454 g/mol. The molecule has 1 aliphatic heterocycles. The van der Waals surface area contributed by atoms with E-state index in [2.05, 4.69) is 4.99 Å². The van der Waals surface area contributed by atoms with Crippen LogP contribution < -0.4 is 4.18 Å². The van der Waals surface area contributed by atoms with E-state index in [-0.39, 0.29) is 22.2 Å². The van der Waals surface area contributed by atoms with Crippen LogP contribution in [0.5, 0.6) is 5.75 Å². The molecule has 0 saturated heterocycles. The third-order valence-electron chi connectivity index (χ3n) is 4.41. The molecule has 4 rings (SSSR count). The van der Waals surface area contributed by atoms with Crippen molar-refractivity contribution in [2.45, 2.75) is 11.8 Å². The van der Waals surface area contributed by atoms with Crippen molar-refractivity contribution < 1.29 is 22.1 Å². The molecule has 3 aromatic rings. The van der Waals surface area contributed by atoms with Crippen LogP contribution in [0.4, 0.5) is 0 Å². The Morgan fingerprint density at radius 3 is 2.23 bits per heavy atom. The van der Waals surface area contributed by atoms with Crippen LogP contribution in [0.3, 0.4) is 0 Å². The molecule has 0 atom stereocenters. The normalized spacial score (nSPS) is 15.0. The van der Waals surface area contributed by atoms with Gasteiger partial charge in [0.15, 0.2) is 5.70 Å². The van der Waals surface area contributed by atoms with Gasteiger partial charge >= 0.3 is 16.1 Å². The number of aryl methyl sites for hydroxylation is 1. The van der Waals surface area contributed by atoms with Gasteiger partial charge in [0, 0.05) is 10.6 Å². The van der Waals surface area contributed by atoms with Gasteiger partial charge in [-0.25, -0.2) is 9.79 Å². The fourth-order valence-corrected chi connectivity index (χ4v) is 3.84. The summed E-state index contributed by atoms with van der Waals surface area (Å²) >= 11 is 5.79. The van der Waals surface area contributed by atoms with Crippen molar-refractivity contribution in [3.63, 3.8) is 0 Å². The molecule has 3 aromatic carbocycles. The van der Waals surface area contributed by atoms with E-state index in [1.54, 1.807) is 18.2 Å². The highest BCUT2D eigenvalue weighted by atomic mass is 35.5. The first-order valence-corrected chi connectivity index (χ1v) is 11.0. The fraction of sp³-hybridized carbons (Fsp3) is 0.0435. The number of esters is 1. The van der Waals surface area contributed by atoms with Gasteiger partial charge in [-0.15, -0.1) is 0 Å². The lowest BCUT2D eigenvalue weighted by Gasteiger charge is -2.07. The molecule has 31 heavy (non-hydrogen) atoms. The second-order valence-corrected chi connectivity index (χ2v) is 8.75. The first kappa shape index (κ1) is 20.8. The number of carbonyl (C=O) groups is 1. The van der Waals surface area contributed by atoms with Crippen LogP contribution >= 0.6 is 11.6 Å². The van der Waals surface area contributed by atoms with Gasteiger partial charge in [0.1, 0.15) is 10.6 Å². The summed E-state index contributed by atoms with van der Waals surface area (Å²) in [7, 11) is -3.99. The molecular weight excluding hydrogens is 438 g/mol. The molecule has 8 heteroatoms. The molecule has 0 fully saturated rings. The Labute approximate surface area is 184 Å². The van der Waals surface area contributed by atoms with Gasteiger partial charge in [0.05, 0.1) is 0 Å². The number of halogens is 1. The maximum atomic E-state index is 12.4. The average Bonchev–Trinajstić information content (AvgIpc) is 3.10. The van der Waals surface area contributed by atoms with Gasteiger partial charge in [0.2, 0.25) is 5.90 Å². The second kappa shape index (κ2) is 8.37. The number of ether oxygens (including phenoxy) is 1. The summed E-state index contributed by atoms with van der Waals surface area (Å²) in [5.41, 5.74) is 2.58. The molecule has 0 aliphatic carbocycles. The highest BCUT2D eigenvalue weighted by Gasteiger charge is 2.24. The molecule has 0 amide bonds. The number of nitrogens with zero attached hydrogens (tertiary/aromatic N) is 1. The molecule has 0 spiro atoms. The van der Waals surface area contributed by atoms with E-state index >= 15 is 0 Å². The van der Waals surface area contributed by atoms with Crippen LogP contribution in [0.15, 0.2) is 88.4 Å². The largest absolute Gasteiger partial charge is 0.402 e.